The van der Waals surface area contributed by atoms with Crippen molar-refractivity contribution in [3.8, 4) is 5.75 Å². The number of nitrogens with one attached hydrogen (secondary N) is 1. The number of nitrogen functional groups attached to an aromatic ring is 1. The Kier molecular flexibility index (Phi) is 4.44. The summed E-state index contributed by atoms with van der Waals surface area (Å²) in [6.45, 7) is 3.90. The summed E-state index contributed by atoms with van der Waals surface area (Å²) in [6, 6.07) is 5.74. The molecule has 20 heavy (non-hydrogen) atoms. The number of anilines is 3. The molecular formula is C14H17BrN4O. The van der Waals surface area contributed by atoms with Gasteiger partial charge in [-0.15, -0.1) is 0 Å². The molecule has 0 saturated heterocycles. The van der Waals surface area contributed by atoms with Gasteiger partial charge in [-0.05, 0) is 41.1 Å². The lowest BCUT2D eigenvalue weighted by Crippen LogP contribution is -2.06. The van der Waals surface area contributed by atoms with Crippen LogP contribution < -0.4 is 15.8 Å². The smallest absolute Gasteiger partial charge is 0.139 e. The van der Waals surface area contributed by atoms with Crippen molar-refractivity contribution < 1.29 is 4.74 Å². The number of hydrogen-bond acceptors (Lipinski definition) is 5. The van der Waals surface area contributed by atoms with Crippen LogP contribution in [0.25, 0.3) is 0 Å². The molecule has 0 aliphatic carbocycles. The van der Waals surface area contributed by atoms with E-state index in [1.54, 1.807) is 7.11 Å². The predicted molar refractivity (Wildman–Crippen MR) is 84.5 cm³/mol. The minimum Gasteiger partial charge on any atom is -0.496 e. The first-order valence-corrected chi connectivity index (χ1v) is 7.08. The minimum atomic E-state index is 0.506. The molecule has 1 aromatic heterocycles. The third-order valence-corrected chi connectivity index (χ3v) is 3.58. The van der Waals surface area contributed by atoms with Gasteiger partial charge in [0.05, 0.1) is 11.6 Å². The van der Waals surface area contributed by atoms with Crippen LogP contribution in [-0.2, 0) is 6.42 Å². The molecule has 1 heterocycles. The molecule has 106 valence electrons. The minimum absolute atomic E-state index is 0.506. The van der Waals surface area contributed by atoms with Crippen molar-refractivity contribution in [1.29, 1.82) is 0 Å². The van der Waals surface area contributed by atoms with Gasteiger partial charge in [-0.2, -0.15) is 0 Å². The molecule has 0 fully saturated rings. The van der Waals surface area contributed by atoms with Gasteiger partial charge in [0.15, 0.2) is 0 Å². The van der Waals surface area contributed by atoms with Gasteiger partial charge in [-0.3, -0.25) is 0 Å². The Morgan fingerprint density at radius 2 is 2.10 bits per heavy atom. The van der Waals surface area contributed by atoms with Crippen LogP contribution in [0.2, 0.25) is 0 Å². The number of rotatable bonds is 4. The Morgan fingerprint density at radius 3 is 2.70 bits per heavy atom. The maximum atomic E-state index is 5.91. The van der Waals surface area contributed by atoms with E-state index in [2.05, 4.69) is 31.2 Å². The fraction of sp³-hybridized carbons (Fsp3) is 0.286. The average Bonchev–Trinajstić information content (AvgIpc) is 2.43. The third-order valence-electron chi connectivity index (χ3n) is 2.96. The first kappa shape index (κ1) is 14.6. The van der Waals surface area contributed by atoms with Gasteiger partial charge in [-0.1, -0.05) is 6.92 Å². The van der Waals surface area contributed by atoms with Crippen molar-refractivity contribution in [3.63, 3.8) is 0 Å². The molecule has 0 aliphatic heterocycles. The molecule has 0 aliphatic rings. The number of benzene rings is 1. The van der Waals surface area contributed by atoms with Gasteiger partial charge in [0.1, 0.15) is 23.2 Å². The van der Waals surface area contributed by atoms with E-state index >= 15 is 0 Å². The van der Waals surface area contributed by atoms with Crippen LogP contribution in [0.5, 0.6) is 5.75 Å². The van der Waals surface area contributed by atoms with Crippen LogP contribution in [0.3, 0.4) is 0 Å². The van der Waals surface area contributed by atoms with Crippen molar-refractivity contribution in [3.05, 3.63) is 34.1 Å². The molecule has 0 saturated carbocycles. The molecule has 0 radical (unpaired) electrons. The predicted octanol–water partition coefficient (Wildman–Crippen LogP) is 3.44. The van der Waals surface area contributed by atoms with E-state index in [1.807, 2.05) is 32.0 Å². The van der Waals surface area contributed by atoms with Crippen molar-refractivity contribution in [1.82, 2.24) is 9.97 Å². The van der Waals surface area contributed by atoms with Gasteiger partial charge in [-0.25, -0.2) is 9.97 Å². The second-order valence-corrected chi connectivity index (χ2v) is 5.18. The number of methoxy groups -OCH3 is 1. The molecule has 2 aromatic rings. The van der Waals surface area contributed by atoms with Crippen LogP contribution in [0, 0.1) is 6.92 Å². The van der Waals surface area contributed by atoms with Crippen LogP contribution in [0.1, 0.15) is 18.3 Å². The molecule has 0 spiro atoms. The monoisotopic (exact) mass is 336 g/mol. The highest BCUT2D eigenvalue weighted by Gasteiger charge is 2.09. The van der Waals surface area contributed by atoms with E-state index in [4.69, 9.17) is 10.5 Å². The molecule has 1 aromatic carbocycles. The molecular weight excluding hydrogens is 320 g/mol. The number of aromatic nitrogens is 2. The second kappa shape index (κ2) is 6.09. The van der Waals surface area contributed by atoms with E-state index in [-0.39, 0.29) is 0 Å². The quantitative estimate of drug-likeness (QED) is 0.894. The molecule has 5 nitrogen and oxygen atoms in total. The Bertz CT molecular complexity index is 631. The molecule has 0 unspecified atom stereocenters. The number of nitrogens with zero attached hydrogens (tertiary/aromatic N) is 2. The Labute approximate surface area is 126 Å². The number of aryl methyl sites for hydroxylation is 1. The van der Waals surface area contributed by atoms with Gasteiger partial charge in [0.25, 0.3) is 0 Å². The van der Waals surface area contributed by atoms with Crippen molar-refractivity contribution >= 4 is 33.3 Å². The molecule has 6 heteroatoms. The van der Waals surface area contributed by atoms with Crippen molar-refractivity contribution in [2.45, 2.75) is 20.3 Å². The highest BCUT2D eigenvalue weighted by molar-refractivity contribution is 9.10. The van der Waals surface area contributed by atoms with Gasteiger partial charge in [0, 0.05) is 17.7 Å². The first-order chi connectivity index (χ1) is 9.55. The number of halogens is 1. The van der Waals surface area contributed by atoms with Crippen LogP contribution in [0.15, 0.2) is 22.7 Å². The SMILES string of the molecule is CCc1nc(N)c(C)c(Nc2ccc(OC)c(Br)c2)n1. The van der Waals surface area contributed by atoms with Gasteiger partial charge < -0.3 is 15.8 Å². The Morgan fingerprint density at radius 1 is 1.35 bits per heavy atom. The molecule has 0 bridgehead atoms. The number of nitrogens with two attached hydrogens (primary N) is 1. The summed E-state index contributed by atoms with van der Waals surface area (Å²) in [7, 11) is 1.63. The van der Waals surface area contributed by atoms with E-state index in [9.17, 15) is 0 Å². The van der Waals surface area contributed by atoms with E-state index in [0.29, 0.717) is 5.82 Å². The largest absolute Gasteiger partial charge is 0.496 e. The zero-order valence-corrected chi connectivity index (χ0v) is 13.3. The fourth-order valence-corrected chi connectivity index (χ4v) is 2.28. The summed E-state index contributed by atoms with van der Waals surface area (Å²) < 4.78 is 6.08. The molecule has 3 N–H and O–H groups in total. The lowest BCUT2D eigenvalue weighted by Gasteiger charge is -2.12. The molecule has 0 atom stereocenters. The van der Waals surface area contributed by atoms with Crippen LogP contribution in [-0.4, -0.2) is 17.1 Å². The number of ether oxygens (including phenoxy) is 1. The number of hydrogen-bond donors (Lipinski definition) is 2. The van der Waals surface area contributed by atoms with Crippen molar-refractivity contribution in [2.24, 2.45) is 0 Å². The summed E-state index contributed by atoms with van der Waals surface area (Å²) >= 11 is 3.46. The highest BCUT2D eigenvalue weighted by Crippen LogP contribution is 2.30. The zero-order valence-electron chi connectivity index (χ0n) is 11.7. The Hall–Kier alpha value is -1.82. The second-order valence-electron chi connectivity index (χ2n) is 4.33. The normalized spacial score (nSPS) is 10.4. The van der Waals surface area contributed by atoms with E-state index < -0.39 is 0 Å². The standard InChI is InChI=1S/C14H17BrN4O/c1-4-12-18-13(16)8(2)14(19-12)17-9-5-6-11(20-3)10(15)7-9/h5-7H,4H2,1-3H3,(H3,16,17,18,19). The highest BCUT2D eigenvalue weighted by atomic mass is 79.9. The molecule has 2 rings (SSSR count). The van der Waals surface area contributed by atoms with Crippen LogP contribution in [0.4, 0.5) is 17.3 Å². The summed E-state index contributed by atoms with van der Waals surface area (Å²) in [6.07, 6.45) is 0.742. The summed E-state index contributed by atoms with van der Waals surface area (Å²) in [5, 5.41) is 3.26. The molecule has 0 amide bonds. The topological polar surface area (TPSA) is 73.1 Å². The first-order valence-electron chi connectivity index (χ1n) is 6.28. The third kappa shape index (κ3) is 3.01. The van der Waals surface area contributed by atoms with E-state index in [0.717, 1.165) is 39.5 Å². The van der Waals surface area contributed by atoms with Gasteiger partial charge >= 0.3 is 0 Å². The Balaban J connectivity index is 2.34. The van der Waals surface area contributed by atoms with E-state index in [1.165, 1.54) is 0 Å². The summed E-state index contributed by atoms with van der Waals surface area (Å²) in [5.74, 6) is 2.74. The maximum Gasteiger partial charge on any atom is 0.139 e. The summed E-state index contributed by atoms with van der Waals surface area (Å²) in [5.41, 5.74) is 7.65. The average molecular weight is 337 g/mol. The van der Waals surface area contributed by atoms with Crippen LogP contribution >= 0.6 is 15.9 Å². The fourth-order valence-electron chi connectivity index (χ4n) is 1.74. The lowest BCUT2D eigenvalue weighted by atomic mass is 10.2. The maximum absolute atomic E-state index is 5.91. The van der Waals surface area contributed by atoms with Crippen molar-refractivity contribution in [2.75, 3.05) is 18.2 Å². The lowest BCUT2D eigenvalue weighted by molar-refractivity contribution is 0.412. The summed E-state index contributed by atoms with van der Waals surface area (Å²) in [4.78, 5) is 8.71. The van der Waals surface area contributed by atoms with Gasteiger partial charge in [0.2, 0.25) is 0 Å². The zero-order chi connectivity index (χ0) is 14.7.